The lowest BCUT2D eigenvalue weighted by atomic mass is 9.95. The maximum atomic E-state index is 12.4. The summed E-state index contributed by atoms with van der Waals surface area (Å²) in [4.78, 5) is 20.9. The largest absolute Gasteiger partial charge is 0.379 e. The number of hydrogen-bond donors (Lipinski definition) is 1. The maximum Gasteiger partial charge on any atom is 0.227 e. The molecule has 4 rings (SSSR count). The molecule has 3 aromatic rings. The molecule has 150 valence electrons. The summed E-state index contributed by atoms with van der Waals surface area (Å²) < 4.78 is 10.9. The molecular formula is C22H24N4O3. The van der Waals surface area contributed by atoms with E-state index in [0.717, 1.165) is 17.5 Å². The van der Waals surface area contributed by atoms with Gasteiger partial charge in [-0.15, -0.1) is 0 Å². The highest BCUT2D eigenvalue weighted by Gasteiger charge is 2.29. The molecule has 29 heavy (non-hydrogen) atoms. The molecule has 7 heteroatoms. The van der Waals surface area contributed by atoms with Crippen molar-refractivity contribution in [3.8, 4) is 11.4 Å². The summed E-state index contributed by atoms with van der Waals surface area (Å²) in [5.74, 6) is 1.24. The fourth-order valence-electron chi connectivity index (χ4n) is 3.54. The van der Waals surface area contributed by atoms with Gasteiger partial charge >= 0.3 is 0 Å². The zero-order valence-electron chi connectivity index (χ0n) is 16.4. The standard InChI is InChI=1S/C22H24N4O3/c1-15-3-2-4-17(11-15)22-25-21(29-26-22)6-5-20(27)24-19-14-28-13-18(19)12-16-7-9-23-10-8-16/h2-4,7-11,18-19H,5-6,12-14H2,1H3,(H,24,27)/t18-,19-/m1/s1. The first-order valence-electron chi connectivity index (χ1n) is 9.83. The Hall–Kier alpha value is -3.06. The number of hydrogen-bond acceptors (Lipinski definition) is 6. The second-order valence-corrected chi connectivity index (χ2v) is 7.41. The number of pyridine rings is 1. The molecule has 7 nitrogen and oxygen atoms in total. The number of ether oxygens (including phenoxy) is 1. The van der Waals surface area contributed by atoms with Gasteiger partial charge in [0.1, 0.15) is 0 Å². The third-order valence-electron chi connectivity index (χ3n) is 5.10. The van der Waals surface area contributed by atoms with Gasteiger partial charge in [0.05, 0.1) is 19.3 Å². The lowest BCUT2D eigenvalue weighted by Gasteiger charge is -2.19. The molecule has 0 bridgehead atoms. The Morgan fingerprint density at radius 1 is 1.21 bits per heavy atom. The zero-order valence-corrected chi connectivity index (χ0v) is 16.4. The summed E-state index contributed by atoms with van der Waals surface area (Å²) in [6.45, 7) is 3.21. The highest BCUT2D eigenvalue weighted by molar-refractivity contribution is 5.76. The maximum absolute atomic E-state index is 12.4. The van der Waals surface area contributed by atoms with E-state index >= 15 is 0 Å². The molecule has 1 amide bonds. The van der Waals surface area contributed by atoms with Crippen molar-refractivity contribution in [3.05, 3.63) is 65.8 Å². The Morgan fingerprint density at radius 3 is 2.90 bits per heavy atom. The molecule has 1 aliphatic heterocycles. The van der Waals surface area contributed by atoms with Crippen LogP contribution in [0.2, 0.25) is 0 Å². The van der Waals surface area contributed by atoms with Crippen LogP contribution in [-0.2, 0) is 22.4 Å². The van der Waals surface area contributed by atoms with E-state index < -0.39 is 0 Å². The van der Waals surface area contributed by atoms with Gasteiger partial charge in [-0.2, -0.15) is 4.98 Å². The van der Waals surface area contributed by atoms with Gasteiger partial charge in [0, 0.05) is 36.7 Å². The monoisotopic (exact) mass is 392 g/mol. The first-order valence-corrected chi connectivity index (χ1v) is 9.83. The van der Waals surface area contributed by atoms with Crippen molar-refractivity contribution in [1.82, 2.24) is 20.4 Å². The third kappa shape index (κ3) is 5.06. The average molecular weight is 392 g/mol. The van der Waals surface area contributed by atoms with Crippen LogP contribution in [0.25, 0.3) is 11.4 Å². The minimum absolute atomic E-state index is 0.0150. The van der Waals surface area contributed by atoms with Crippen molar-refractivity contribution in [3.63, 3.8) is 0 Å². The van der Waals surface area contributed by atoms with Crippen LogP contribution in [0.1, 0.15) is 23.4 Å². The first kappa shape index (κ1) is 19.3. The number of carbonyl (C=O) groups is 1. The van der Waals surface area contributed by atoms with Gasteiger partial charge in [-0.3, -0.25) is 9.78 Å². The van der Waals surface area contributed by atoms with Gasteiger partial charge in [-0.25, -0.2) is 0 Å². The highest BCUT2D eigenvalue weighted by atomic mass is 16.5. The van der Waals surface area contributed by atoms with E-state index in [4.69, 9.17) is 9.26 Å². The third-order valence-corrected chi connectivity index (χ3v) is 5.10. The summed E-state index contributed by atoms with van der Waals surface area (Å²) in [6.07, 6.45) is 5.14. The number of benzene rings is 1. The molecule has 1 aromatic carbocycles. The van der Waals surface area contributed by atoms with Crippen LogP contribution in [0.4, 0.5) is 0 Å². The first-order chi connectivity index (χ1) is 14.2. The normalized spacial score (nSPS) is 18.7. The van der Waals surface area contributed by atoms with Crippen LogP contribution < -0.4 is 5.32 Å². The molecule has 0 aliphatic carbocycles. The zero-order chi connectivity index (χ0) is 20.1. The molecule has 1 saturated heterocycles. The molecule has 0 unspecified atom stereocenters. The summed E-state index contributed by atoms with van der Waals surface area (Å²) >= 11 is 0. The molecule has 2 aromatic heterocycles. The van der Waals surface area contributed by atoms with Gasteiger partial charge in [0.25, 0.3) is 0 Å². The number of aryl methyl sites for hydroxylation is 2. The molecular weight excluding hydrogens is 368 g/mol. The van der Waals surface area contributed by atoms with Crippen molar-refractivity contribution < 1.29 is 14.1 Å². The lowest BCUT2D eigenvalue weighted by Crippen LogP contribution is -2.40. The van der Waals surface area contributed by atoms with Gasteiger partial charge in [-0.1, -0.05) is 28.9 Å². The van der Waals surface area contributed by atoms with Crippen LogP contribution in [0.15, 0.2) is 53.3 Å². The Kier molecular flexibility index (Phi) is 5.95. The summed E-state index contributed by atoms with van der Waals surface area (Å²) in [5, 5.41) is 7.12. The smallest absolute Gasteiger partial charge is 0.227 e. The molecule has 0 saturated carbocycles. The van der Waals surface area contributed by atoms with Crippen LogP contribution in [0.5, 0.6) is 0 Å². The molecule has 3 heterocycles. The molecule has 1 fully saturated rings. The van der Waals surface area contributed by atoms with Crippen LogP contribution in [-0.4, -0.2) is 40.3 Å². The number of nitrogens with zero attached hydrogens (tertiary/aromatic N) is 3. The second kappa shape index (κ2) is 8.96. The van der Waals surface area contributed by atoms with E-state index in [9.17, 15) is 4.79 Å². The minimum Gasteiger partial charge on any atom is -0.379 e. The fraction of sp³-hybridized carbons (Fsp3) is 0.364. The van der Waals surface area contributed by atoms with E-state index in [1.165, 1.54) is 5.56 Å². The van der Waals surface area contributed by atoms with E-state index in [-0.39, 0.29) is 17.9 Å². The van der Waals surface area contributed by atoms with Crippen LogP contribution >= 0.6 is 0 Å². The minimum atomic E-state index is -0.0319. The number of carbonyl (C=O) groups excluding carboxylic acids is 1. The Morgan fingerprint density at radius 2 is 2.07 bits per heavy atom. The van der Waals surface area contributed by atoms with Crippen molar-refractivity contribution in [2.45, 2.75) is 32.2 Å². The van der Waals surface area contributed by atoms with Gasteiger partial charge in [0.2, 0.25) is 17.6 Å². The lowest BCUT2D eigenvalue weighted by molar-refractivity contribution is -0.122. The van der Waals surface area contributed by atoms with Crippen molar-refractivity contribution in [1.29, 1.82) is 0 Å². The van der Waals surface area contributed by atoms with Gasteiger partial charge in [0.15, 0.2) is 0 Å². The van der Waals surface area contributed by atoms with Crippen molar-refractivity contribution >= 4 is 5.91 Å². The highest BCUT2D eigenvalue weighted by Crippen LogP contribution is 2.20. The molecule has 1 aliphatic rings. The predicted octanol–water partition coefficient (Wildman–Crippen LogP) is 2.75. The van der Waals surface area contributed by atoms with E-state index in [1.54, 1.807) is 12.4 Å². The fourth-order valence-corrected chi connectivity index (χ4v) is 3.54. The summed E-state index contributed by atoms with van der Waals surface area (Å²) in [5.41, 5.74) is 3.24. The van der Waals surface area contributed by atoms with Gasteiger partial charge in [-0.05, 0) is 37.1 Å². The SMILES string of the molecule is Cc1cccc(-c2noc(CCC(=O)N[C@@H]3COC[C@H]3Cc3ccncc3)n2)c1. The van der Waals surface area contributed by atoms with Crippen LogP contribution in [0, 0.1) is 12.8 Å². The quantitative estimate of drug-likeness (QED) is 0.665. The number of rotatable bonds is 7. The molecule has 2 atom stereocenters. The average Bonchev–Trinajstić information content (AvgIpc) is 3.37. The van der Waals surface area contributed by atoms with Crippen molar-refractivity contribution in [2.24, 2.45) is 5.92 Å². The summed E-state index contributed by atoms with van der Waals surface area (Å²) in [7, 11) is 0. The number of amides is 1. The number of aromatic nitrogens is 3. The van der Waals surface area contributed by atoms with Gasteiger partial charge < -0.3 is 14.6 Å². The van der Waals surface area contributed by atoms with Crippen LogP contribution in [0.3, 0.4) is 0 Å². The van der Waals surface area contributed by atoms with Crippen molar-refractivity contribution in [2.75, 3.05) is 13.2 Å². The topological polar surface area (TPSA) is 90.1 Å². The number of nitrogens with one attached hydrogen (secondary N) is 1. The summed E-state index contributed by atoms with van der Waals surface area (Å²) in [6, 6.07) is 11.9. The Bertz CT molecular complexity index is 957. The second-order valence-electron chi connectivity index (χ2n) is 7.41. The Labute approximate surface area is 169 Å². The molecule has 0 spiro atoms. The van der Waals surface area contributed by atoms with E-state index in [2.05, 4.69) is 20.4 Å². The van der Waals surface area contributed by atoms with E-state index in [1.807, 2.05) is 43.3 Å². The molecule has 1 N–H and O–H groups in total. The molecule has 0 radical (unpaired) electrons. The van der Waals surface area contributed by atoms with E-state index in [0.29, 0.717) is 37.8 Å². The Balaban J connectivity index is 1.29. The predicted molar refractivity (Wildman–Crippen MR) is 107 cm³/mol.